The van der Waals surface area contributed by atoms with Crippen molar-refractivity contribution in [3.63, 3.8) is 0 Å². The van der Waals surface area contributed by atoms with Gasteiger partial charge in [-0.15, -0.1) is 0 Å². The molecule has 6 nitrogen and oxygen atoms in total. The van der Waals surface area contributed by atoms with E-state index in [9.17, 15) is 0 Å². The normalized spacial score (nSPS) is 11.3. The van der Waals surface area contributed by atoms with Crippen LogP contribution in [0.2, 0.25) is 0 Å². The van der Waals surface area contributed by atoms with Crippen molar-refractivity contribution in [1.29, 1.82) is 0 Å². The van der Waals surface area contributed by atoms with Gasteiger partial charge in [0, 0.05) is 22.3 Å². The van der Waals surface area contributed by atoms with Crippen LogP contribution in [-0.2, 0) is 6.67 Å². The quantitative estimate of drug-likeness (QED) is 0.207. The van der Waals surface area contributed by atoms with Gasteiger partial charge in [0.2, 0.25) is 0 Å². The standard InChI is InChI=1S/C37H26N6/c1-5-13-26(14-6-1)30-21-22-31(27-15-7-2-8-16-27)35-34(30)38-42(39-35)25-43-40-36-32(28-17-9-3-10-18-28)23-24-33(37(36)41-43)29-19-11-4-12-20-29/h1-24H,25H2. The highest BCUT2D eigenvalue weighted by atomic mass is 15.6. The maximum absolute atomic E-state index is 5.01. The predicted molar refractivity (Wildman–Crippen MR) is 172 cm³/mol. The highest BCUT2D eigenvalue weighted by Crippen LogP contribution is 2.35. The van der Waals surface area contributed by atoms with Gasteiger partial charge in [0.25, 0.3) is 0 Å². The summed E-state index contributed by atoms with van der Waals surface area (Å²) in [5.74, 6) is 0. The summed E-state index contributed by atoms with van der Waals surface area (Å²) in [6.45, 7) is 0.272. The van der Waals surface area contributed by atoms with Gasteiger partial charge < -0.3 is 0 Å². The number of hydrogen-bond acceptors (Lipinski definition) is 4. The van der Waals surface area contributed by atoms with Gasteiger partial charge in [-0.25, -0.2) is 0 Å². The van der Waals surface area contributed by atoms with Crippen LogP contribution in [0.25, 0.3) is 66.6 Å². The second-order valence-electron chi connectivity index (χ2n) is 10.5. The minimum atomic E-state index is 0.272. The lowest BCUT2D eigenvalue weighted by Crippen LogP contribution is -2.13. The fourth-order valence-corrected chi connectivity index (χ4v) is 5.71. The van der Waals surface area contributed by atoms with Crippen LogP contribution in [0, 0.1) is 0 Å². The first-order valence-electron chi connectivity index (χ1n) is 14.3. The molecule has 43 heavy (non-hydrogen) atoms. The Hall–Kier alpha value is -5.88. The second-order valence-corrected chi connectivity index (χ2v) is 10.5. The maximum atomic E-state index is 5.01. The van der Waals surface area contributed by atoms with Gasteiger partial charge in [0.05, 0.1) is 0 Å². The average Bonchev–Trinajstić information content (AvgIpc) is 3.70. The molecule has 0 spiro atoms. The van der Waals surface area contributed by atoms with Gasteiger partial charge in [0.15, 0.2) is 6.67 Å². The van der Waals surface area contributed by atoms with E-state index in [1.165, 1.54) is 0 Å². The molecule has 0 aliphatic heterocycles. The molecule has 0 fully saturated rings. The molecule has 2 aromatic heterocycles. The van der Waals surface area contributed by atoms with Crippen LogP contribution in [0.5, 0.6) is 0 Å². The maximum Gasteiger partial charge on any atom is 0.172 e. The van der Waals surface area contributed by atoms with E-state index in [1.807, 2.05) is 72.8 Å². The zero-order valence-corrected chi connectivity index (χ0v) is 23.2. The number of nitrogens with zero attached hydrogens (tertiary/aromatic N) is 6. The number of fused-ring (bicyclic) bond motifs is 2. The van der Waals surface area contributed by atoms with Crippen molar-refractivity contribution in [2.75, 3.05) is 0 Å². The first kappa shape index (κ1) is 24.9. The van der Waals surface area contributed by atoms with Gasteiger partial charge in [-0.1, -0.05) is 146 Å². The lowest BCUT2D eigenvalue weighted by Gasteiger charge is -2.06. The molecule has 0 amide bonds. The fraction of sp³-hybridized carbons (Fsp3) is 0.0270. The Morgan fingerprint density at radius 3 is 0.767 bits per heavy atom. The van der Waals surface area contributed by atoms with Crippen molar-refractivity contribution in [3.05, 3.63) is 146 Å². The van der Waals surface area contributed by atoms with E-state index in [0.29, 0.717) is 0 Å². The summed E-state index contributed by atoms with van der Waals surface area (Å²) in [7, 11) is 0. The first-order valence-corrected chi connectivity index (χ1v) is 14.3. The van der Waals surface area contributed by atoms with Crippen molar-refractivity contribution in [2.45, 2.75) is 6.67 Å². The van der Waals surface area contributed by atoms with E-state index in [4.69, 9.17) is 20.4 Å². The summed E-state index contributed by atoms with van der Waals surface area (Å²) >= 11 is 0. The van der Waals surface area contributed by atoms with Crippen LogP contribution in [0.15, 0.2) is 146 Å². The van der Waals surface area contributed by atoms with Crippen molar-refractivity contribution >= 4 is 22.1 Å². The van der Waals surface area contributed by atoms with Crippen molar-refractivity contribution in [3.8, 4) is 44.5 Å². The van der Waals surface area contributed by atoms with Gasteiger partial charge in [-0.05, 0) is 22.3 Å². The van der Waals surface area contributed by atoms with Crippen LogP contribution >= 0.6 is 0 Å². The largest absolute Gasteiger partial charge is 0.172 e. The van der Waals surface area contributed by atoms with Crippen molar-refractivity contribution < 1.29 is 0 Å². The molecule has 0 aliphatic carbocycles. The monoisotopic (exact) mass is 554 g/mol. The van der Waals surface area contributed by atoms with Gasteiger partial charge in [-0.3, -0.25) is 0 Å². The Morgan fingerprint density at radius 1 is 0.302 bits per heavy atom. The highest BCUT2D eigenvalue weighted by Gasteiger charge is 2.18. The van der Waals surface area contributed by atoms with Gasteiger partial charge >= 0.3 is 0 Å². The SMILES string of the molecule is c1ccc(-c2ccc(-c3ccccc3)c3nn(Cn4nc5c(-c6ccccc6)ccc(-c6ccccc6)c5n4)nc23)cc1. The molecule has 8 rings (SSSR count). The molecule has 0 bridgehead atoms. The van der Waals surface area contributed by atoms with Crippen LogP contribution in [0.4, 0.5) is 0 Å². The Balaban J connectivity index is 1.28. The Labute approximate surface area is 248 Å². The number of rotatable bonds is 6. The summed E-state index contributed by atoms with van der Waals surface area (Å²) in [5, 5.41) is 20.0. The fourth-order valence-electron chi connectivity index (χ4n) is 5.71. The average molecular weight is 555 g/mol. The number of benzene rings is 6. The van der Waals surface area contributed by atoms with Crippen molar-refractivity contribution in [2.24, 2.45) is 0 Å². The van der Waals surface area contributed by atoms with E-state index in [1.54, 1.807) is 9.59 Å². The molecule has 0 aliphatic rings. The summed E-state index contributed by atoms with van der Waals surface area (Å²) < 4.78 is 0. The van der Waals surface area contributed by atoms with E-state index >= 15 is 0 Å². The van der Waals surface area contributed by atoms with E-state index in [-0.39, 0.29) is 6.67 Å². The molecule has 8 aromatic rings. The Kier molecular flexibility index (Phi) is 6.08. The highest BCUT2D eigenvalue weighted by molar-refractivity contribution is 6.01. The molecule has 2 heterocycles. The predicted octanol–water partition coefficient (Wildman–Crippen LogP) is 8.35. The molecule has 0 radical (unpaired) electrons. The molecule has 0 atom stereocenters. The van der Waals surface area contributed by atoms with Gasteiger partial charge in [0.1, 0.15) is 22.1 Å². The first-order chi connectivity index (χ1) is 21.3. The third-order valence-electron chi connectivity index (χ3n) is 7.76. The molecular weight excluding hydrogens is 528 g/mol. The lowest BCUT2D eigenvalue weighted by molar-refractivity contribution is 0.421. The van der Waals surface area contributed by atoms with Crippen LogP contribution in [0.3, 0.4) is 0 Å². The Bertz CT molecular complexity index is 1870. The van der Waals surface area contributed by atoms with E-state index in [0.717, 1.165) is 66.6 Å². The molecule has 6 aromatic carbocycles. The molecule has 6 heteroatoms. The summed E-state index contributed by atoms with van der Waals surface area (Å²) in [5.41, 5.74) is 11.9. The van der Waals surface area contributed by atoms with Crippen molar-refractivity contribution in [1.82, 2.24) is 30.0 Å². The summed E-state index contributed by atoms with van der Waals surface area (Å²) in [4.78, 5) is 3.40. The van der Waals surface area contributed by atoms with Crippen LogP contribution < -0.4 is 0 Å². The van der Waals surface area contributed by atoms with Crippen LogP contribution in [0.1, 0.15) is 0 Å². The van der Waals surface area contributed by atoms with Gasteiger partial charge in [-0.2, -0.15) is 30.0 Å². The second kappa shape index (κ2) is 10.5. The zero-order chi connectivity index (χ0) is 28.6. The molecule has 0 saturated carbocycles. The molecule has 0 saturated heterocycles. The molecular formula is C37H26N6. The van der Waals surface area contributed by atoms with E-state index < -0.39 is 0 Å². The van der Waals surface area contributed by atoms with Crippen LogP contribution in [-0.4, -0.2) is 30.0 Å². The minimum Gasteiger partial charge on any atom is -0.160 e. The topological polar surface area (TPSA) is 61.4 Å². The van der Waals surface area contributed by atoms with E-state index in [2.05, 4.69) is 72.8 Å². The third kappa shape index (κ3) is 4.55. The smallest absolute Gasteiger partial charge is 0.160 e. The zero-order valence-electron chi connectivity index (χ0n) is 23.2. The lowest BCUT2D eigenvalue weighted by atomic mass is 9.98. The molecule has 204 valence electrons. The number of aromatic nitrogens is 6. The molecule has 0 unspecified atom stereocenters. The minimum absolute atomic E-state index is 0.272. The molecule has 0 N–H and O–H groups in total. The summed E-state index contributed by atoms with van der Waals surface area (Å²) in [6, 6.07) is 49.9. The summed E-state index contributed by atoms with van der Waals surface area (Å²) in [6.07, 6.45) is 0. The Morgan fingerprint density at radius 2 is 0.535 bits per heavy atom. The number of hydrogen-bond donors (Lipinski definition) is 0. The third-order valence-corrected chi connectivity index (χ3v) is 7.76.